The first-order chi connectivity index (χ1) is 6.88. The van der Waals surface area contributed by atoms with Gasteiger partial charge in [-0.25, -0.2) is 0 Å². The second-order valence-corrected chi connectivity index (χ2v) is 3.61. The van der Waals surface area contributed by atoms with Crippen LogP contribution < -0.4 is 0 Å². The van der Waals surface area contributed by atoms with Gasteiger partial charge in [-0.05, 0) is 6.92 Å². The van der Waals surface area contributed by atoms with E-state index in [1.807, 2.05) is 21.0 Å². The molecule has 0 saturated heterocycles. The molecule has 0 aromatic carbocycles. The predicted molar refractivity (Wildman–Crippen MR) is 63.2 cm³/mol. The fourth-order valence-electron chi connectivity index (χ4n) is 1.04. The van der Waals surface area contributed by atoms with Crippen molar-refractivity contribution in [1.29, 1.82) is 0 Å². The number of carbonyl (C=O) groups is 1. The van der Waals surface area contributed by atoms with Crippen molar-refractivity contribution in [2.24, 2.45) is 10.2 Å². The van der Waals surface area contributed by atoms with Gasteiger partial charge in [0.15, 0.2) is 5.78 Å². The highest BCUT2D eigenvalue weighted by Crippen LogP contribution is 1.95. The zero-order valence-electron chi connectivity index (χ0n) is 10.4. The lowest BCUT2D eigenvalue weighted by Crippen LogP contribution is -2.26. The van der Waals surface area contributed by atoms with Gasteiger partial charge < -0.3 is 10.0 Å². The molecule has 86 valence electrons. The average molecular weight is 212 g/mol. The van der Waals surface area contributed by atoms with Gasteiger partial charge in [-0.3, -0.25) is 4.79 Å². The lowest BCUT2D eigenvalue weighted by atomic mass is 10.1. The van der Waals surface area contributed by atoms with Gasteiger partial charge in [-0.1, -0.05) is 6.92 Å². The minimum atomic E-state index is 0.00630. The molecule has 0 unspecified atom stereocenters. The van der Waals surface area contributed by atoms with Crippen LogP contribution in [0.1, 0.15) is 20.3 Å². The van der Waals surface area contributed by atoms with Gasteiger partial charge in [0.1, 0.15) is 5.71 Å². The summed E-state index contributed by atoms with van der Waals surface area (Å²) in [5.41, 5.74) is 1.07. The zero-order valence-corrected chi connectivity index (χ0v) is 10.4. The summed E-state index contributed by atoms with van der Waals surface area (Å²) in [6.45, 7) is 3.60. The Morgan fingerprint density at radius 3 is 1.87 bits per heavy atom. The van der Waals surface area contributed by atoms with Crippen LogP contribution in [-0.2, 0) is 4.79 Å². The lowest BCUT2D eigenvalue weighted by molar-refractivity contribution is -0.112. The van der Waals surface area contributed by atoms with E-state index in [1.165, 1.54) is 0 Å². The standard InChI is InChI=1S/C10H20N4O/c1-7-9(15)10(12-14(5)6)8(2)11-13(3)4/h7H2,1-6H3. The summed E-state index contributed by atoms with van der Waals surface area (Å²) in [4.78, 5) is 11.6. The largest absolute Gasteiger partial charge is 0.303 e. The van der Waals surface area contributed by atoms with Gasteiger partial charge in [0.05, 0.1) is 5.71 Å². The van der Waals surface area contributed by atoms with E-state index in [1.54, 1.807) is 31.0 Å². The highest BCUT2D eigenvalue weighted by molar-refractivity contribution is 6.66. The van der Waals surface area contributed by atoms with Crippen LogP contribution in [0.3, 0.4) is 0 Å². The van der Waals surface area contributed by atoms with E-state index in [0.717, 1.165) is 0 Å². The SMILES string of the molecule is CCC(=O)C(=NN(C)C)C(C)=NN(C)C. The van der Waals surface area contributed by atoms with Crippen LogP contribution in [-0.4, -0.2) is 55.4 Å². The third-order valence-corrected chi connectivity index (χ3v) is 1.58. The Morgan fingerprint density at radius 2 is 1.53 bits per heavy atom. The van der Waals surface area contributed by atoms with E-state index >= 15 is 0 Å². The van der Waals surface area contributed by atoms with Crippen LogP contribution in [0.4, 0.5) is 0 Å². The Labute approximate surface area is 91.4 Å². The van der Waals surface area contributed by atoms with Crippen molar-refractivity contribution in [3.05, 3.63) is 0 Å². The molecule has 0 aliphatic heterocycles. The van der Waals surface area contributed by atoms with E-state index in [0.29, 0.717) is 17.8 Å². The third-order valence-electron chi connectivity index (χ3n) is 1.58. The Balaban J connectivity index is 5.04. The van der Waals surface area contributed by atoms with E-state index < -0.39 is 0 Å². The number of hydrogen-bond donors (Lipinski definition) is 0. The van der Waals surface area contributed by atoms with Crippen molar-refractivity contribution in [2.45, 2.75) is 20.3 Å². The average Bonchev–Trinajstić information content (AvgIpc) is 2.11. The zero-order chi connectivity index (χ0) is 12.0. The molecule has 0 heterocycles. The first kappa shape index (κ1) is 13.6. The summed E-state index contributed by atoms with van der Waals surface area (Å²) in [5, 5.41) is 11.6. The van der Waals surface area contributed by atoms with Crippen LogP contribution in [0.2, 0.25) is 0 Å². The maximum atomic E-state index is 11.6. The number of hydrogen-bond acceptors (Lipinski definition) is 5. The third kappa shape index (κ3) is 5.15. The molecule has 0 N–H and O–H groups in total. The number of rotatable bonds is 5. The lowest BCUT2D eigenvalue weighted by Gasteiger charge is -2.11. The number of nitrogens with zero attached hydrogens (tertiary/aromatic N) is 4. The minimum absolute atomic E-state index is 0.00630. The van der Waals surface area contributed by atoms with Gasteiger partial charge in [0.2, 0.25) is 0 Å². The van der Waals surface area contributed by atoms with Crippen LogP contribution in [0.5, 0.6) is 0 Å². The number of hydrazone groups is 2. The molecule has 0 aromatic rings. The molecule has 0 atom stereocenters. The van der Waals surface area contributed by atoms with Gasteiger partial charge in [0.25, 0.3) is 0 Å². The maximum Gasteiger partial charge on any atom is 0.184 e. The van der Waals surface area contributed by atoms with Crippen molar-refractivity contribution >= 4 is 17.2 Å². The summed E-state index contributed by atoms with van der Waals surface area (Å²) in [6, 6.07) is 0. The maximum absolute atomic E-state index is 11.6. The van der Waals surface area contributed by atoms with Crippen LogP contribution in [0, 0.1) is 0 Å². The highest BCUT2D eigenvalue weighted by atomic mass is 16.1. The molecule has 0 aliphatic carbocycles. The molecule has 0 rings (SSSR count). The van der Waals surface area contributed by atoms with Crippen molar-refractivity contribution < 1.29 is 4.79 Å². The molecule has 0 fully saturated rings. The molecule has 15 heavy (non-hydrogen) atoms. The number of carbonyl (C=O) groups excluding carboxylic acids is 1. The van der Waals surface area contributed by atoms with Crippen LogP contribution >= 0.6 is 0 Å². The fraction of sp³-hybridized carbons (Fsp3) is 0.700. The van der Waals surface area contributed by atoms with E-state index in [4.69, 9.17) is 0 Å². The molecule has 0 bridgehead atoms. The van der Waals surface area contributed by atoms with Crippen molar-refractivity contribution in [1.82, 2.24) is 10.0 Å². The van der Waals surface area contributed by atoms with Crippen molar-refractivity contribution in [2.75, 3.05) is 28.2 Å². The topological polar surface area (TPSA) is 48.3 Å². The van der Waals surface area contributed by atoms with Crippen molar-refractivity contribution in [3.63, 3.8) is 0 Å². The molecule has 0 aliphatic rings. The number of ketones is 1. The van der Waals surface area contributed by atoms with E-state index in [9.17, 15) is 4.79 Å². The predicted octanol–water partition coefficient (Wildman–Crippen LogP) is 0.821. The van der Waals surface area contributed by atoms with E-state index in [-0.39, 0.29) is 5.78 Å². The Hall–Kier alpha value is -1.39. The molecule has 5 heteroatoms. The van der Waals surface area contributed by atoms with Crippen LogP contribution in [0.15, 0.2) is 10.2 Å². The molecule has 0 amide bonds. The Kier molecular flexibility index (Phi) is 5.59. The molecule has 0 aromatic heterocycles. The van der Waals surface area contributed by atoms with E-state index in [2.05, 4.69) is 10.2 Å². The molecule has 0 saturated carbocycles. The quantitative estimate of drug-likeness (QED) is 0.501. The first-order valence-corrected chi connectivity index (χ1v) is 4.90. The normalized spacial score (nSPS) is 12.7. The molecule has 0 radical (unpaired) electrons. The van der Waals surface area contributed by atoms with Gasteiger partial charge in [-0.2, -0.15) is 10.2 Å². The summed E-state index contributed by atoms with van der Waals surface area (Å²) in [7, 11) is 7.19. The molecular weight excluding hydrogens is 192 g/mol. The minimum Gasteiger partial charge on any atom is -0.303 e. The Morgan fingerprint density at radius 1 is 1.07 bits per heavy atom. The molecular formula is C10H20N4O. The van der Waals surface area contributed by atoms with Gasteiger partial charge >= 0.3 is 0 Å². The summed E-state index contributed by atoms with van der Waals surface area (Å²) >= 11 is 0. The monoisotopic (exact) mass is 212 g/mol. The first-order valence-electron chi connectivity index (χ1n) is 4.90. The summed E-state index contributed by atoms with van der Waals surface area (Å²) < 4.78 is 0. The Bertz CT molecular complexity index is 279. The van der Waals surface area contributed by atoms with Crippen LogP contribution in [0.25, 0.3) is 0 Å². The molecule has 0 spiro atoms. The van der Waals surface area contributed by atoms with Crippen molar-refractivity contribution in [3.8, 4) is 0 Å². The smallest absolute Gasteiger partial charge is 0.184 e. The fourth-order valence-corrected chi connectivity index (χ4v) is 1.04. The highest BCUT2D eigenvalue weighted by Gasteiger charge is 2.13. The second-order valence-electron chi connectivity index (χ2n) is 3.61. The molecule has 5 nitrogen and oxygen atoms in total. The number of Topliss-reactive ketones (excluding diaryl/α,β-unsaturated/α-hetero) is 1. The van der Waals surface area contributed by atoms with Gasteiger partial charge in [-0.15, -0.1) is 0 Å². The second kappa shape index (κ2) is 6.16. The summed E-state index contributed by atoms with van der Waals surface area (Å²) in [5.74, 6) is 0.00630. The van der Waals surface area contributed by atoms with Gasteiger partial charge in [0, 0.05) is 34.6 Å². The summed E-state index contributed by atoms with van der Waals surface area (Å²) in [6.07, 6.45) is 0.437.